The molecule has 9 heteroatoms. The molecular weight excluding hydrogens is 392 g/mol. The van der Waals surface area contributed by atoms with E-state index in [1.54, 1.807) is 4.90 Å². The quantitative estimate of drug-likeness (QED) is 0.625. The van der Waals surface area contributed by atoms with Crippen LogP contribution in [0.5, 0.6) is 0 Å². The maximum atomic E-state index is 13.2. The first kappa shape index (κ1) is 22.6. The lowest BCUT2D eigenvalue weighted by Gasteiger charge is -2.27. The van der Waals surface area contributed by atoms with Crippen LogP contribution in [-0.2, 0) is 15.7 Å². The Kier molecular flexibility index (Phi) is 7.98. The number of halogens is 4. The van der Waals surface area contributed by atoms with Gasteiger partial charge in [-0.25, -0.2) is 4.39 Å². The molecule has 0 atom stereocenters. The van der Waals surface area contributed by atoms with E-state index in [-0.39, 0.29) is 11.3 Å². The number of alkyl halides is 3. The maximum absolute atomic E-state index is 13.2. The van der Waals surface area contributed by atoms with Crippen LogP contribution in [0.4, 0.5) is 28.9 Å². The molecule has 0 unspecified atom stereocenters. The first-order chi connectivity index (χ1) is 13.8. The van der Waals surface area contributed by atoms with Crippen molar-refractivity contribution in [2.24, 2.45) is 0 Å². The van der Waals surface area contributed by atoms with Gasteiger partial charge in [0.2, 0.25) is 0 Å². The molecule has 0 radical (unpaired) electrons. The molecular formula is C20H22F4N2O3. The van der Waals surface area contributed by atoms with E-state index in [1.165, 1.54) is 32.4 Å². The van der Waals surface area contributed by atoms with Gasteiger partial charge in [0.05, 0.1) is 30.2 Å². The minimum absolute atomic E-state index is 0.0126. The second-order valence-corrected chi connectivity index (χ2v) is 6.16. The highest BCUT2D eigenvalue weighted by molar-refractivity contribution is 6.06. The van der Waals surface area contributed by atoms with Crippen molar-refractivity contribution in [1.29, 1.82) is 0 Å². The normalized spacial score (nSPS) is 11.4. The summed E-state index contributed by atoms with van der Waals surface area (Å²) in [5.74, 6) is -1.17. The van der Waals surface area contributed by atoms with Crippen LogP contribution in [0.25, 0.3) is 0 Å². The number of methoxy groups -OCH3 is 2. The van der Waals surface area contributed by atoms with Crippen molar-refractivity contribution >= 4 is 17.3 Å². The molecule has 29 heavy (non-hydrogen) atoms. The van der Waals surface area contributed by atoms with Crippen molar-refractivity contribution in [3.8, 4) is 0 Å². The van der Waals surface area contributed by atoms with Gasteiger partial charge in [-0.1, -0.05) is 0 Å². The average Bonchev–Trinajstić information content (AvgIpc) is 2.68. The summed E-state index contributed by atoms with van der Waals surface area (Å²) >= 11 is 0. The Hall–Kier alpha value is -2.65. The highest BCUT2D eigenvalue weighted by Crippen LogP contribution is 2.35. The molecule has 1 N–H and O–H groups in total. The van der Waals surface area contributed by atoms with Crippen molar-refractivity contribution < 1.29 is 31.8 Å². The lowest BCUT2D eigenvalue weighted by Crippen LogP contribution is -2.31. The van der Waals surface area contributed by atoms with E-state index < -0.39 is 23.5 Å². The summed E-state index contributed by atoms with van der Waals surface area (Å²) in [5.41, 5.74) is -0.395. The van der Waals surface area contributed by atoms with Crippen molar-refractivity contribution in [2.45, 2.75) is 6.18 Å². The van der Waals surface area contributed by atoms with Gasteiger partial charge in [-0.15, -0.1) is 0 Å². The number of ether oxygens (including phenoxy) is 2. The third kappa shape index (κ3) is 6.43. The van der Waals surface area contributed by atoms with E-state index in [0.29, 0.717) is 32.0 Å². The van der Waals surface area contributed by atoms with Crippen LogP contribution in [0, 0.1) is 5.82 Å². The Labute approximate surface area is 166 Å². The number of benzene rings is 2. The standard InChI is InChI=1S/C20H22F4N2O3/c1-28-11-9-26(10-12-29-2)18-8-5-15(20(22,23)24)13-17(18)25-19(27)14-3-6-16(21)7-4-14/h3-8,13H,9-12H2,1-2H3,(H,25,27). The van der Waals surface area contributed by atoms with Gasteiger partial charge in [-0.05, 0) is 42.5 Å². The fraction of sp³-hybridized carbons (Fsp3) is 0.350. The molecule has 0 fully saturated rings. The predicted molar refractivity (Wildman–Crippen MR) is 102 cm³/mol. The van der Waals surface area contributed by atoms with Crippen molar-refractivity contribution in [3.05, 3.63) is 59.4 Å². The van der Waals surface area contributed by atoms with E-state index in [0.717, 1.165) is 24.3 Å². The highest BCUT2D eigenvalue weighted by atomic mass is 19.4. The molecule has 0 bridgehead atoms. The van der Waals surface area contributed by atoms with Gasteiger partial charge in [-0.3, -0.25) is 4.79 Å². The smallest absolute Gasteiger partial charge is 0.383 e. The molecule has 2 aromatic carbocycles. The zero-order valence-corrected chi connectivity index (χ0v) is 16.1. The Bertz CT molecular complexity index is 802. The summed E-state index contributed by atoms with van der Waals surface area (Å²) in [6, 6.07) is 7.85. The van der Waals surface area contributed by atoms with Crippen LogP contribution in [-0.4, -0.2) is 46.4 Å². The van der Waals surface area contributed by atoms with E-state index in [1.807, 2.05) is 0 Å². The fourth-order valence-corrected chi connectivity index (χ4v) is 2.64. The van der Waals surface area contributed by atoms with E-state index in [2.05, 4.69) is 5.32 Å². The number of carbonyl (C=O) groups is 1. The lowest BCUT2D eigenvalue weighted by atomic mass is 10.1. The highest BCUT2D eigenvalue weighted by Gasteiger charge is 2.31. The second kappa shape index (κ2) is 10.2. The fourth-order valence-electron chi connectivity index (χ4n) is 2.64. The average molecular weight is 414 g/mol. The van der Waals surface area contributed by atoms with Gasteiger partial charge in [0.1, 0.15) is 5.82 Å². The maximum Gasteiger partial charge on any atom is 0.416 e. The van der Waals surface area contributed by atoms with Gasteiger partial charge in [0, 0.05) is 32.9 Å². The number of hydrogen-bond acceptors (Lipinski definition) is 4. The van der Waals surface area contributed by atoms with Crippen molar-refractivity contribution in [2.75, 3.05) is 50.7 Å². The number of nitrogens with one attached hydrogen (secondary N) is 1. The molecule has 2 rings (SSSR count). The number of nitrogens with zero attached hydrogens (tertiary/aromatic N) is 1. The molecule has 0 aliphatic heterocycles. The Morgan fingerprint density at radius 2 is 1.59 bits per heavy atom. The van der Waals surface area contributed by atoms with Gasteiger partial charge in [-0.2, -0.15) is 13.2 Å². The molecule has 0 aromatic heterocycles. The topological polar surface area (TPSA) is 50.8 Å². The minimum atomic E-state index is -4.57. The molecule has 0 saturated carbocycles. The number of rotatable bonds is 9. The minimum Gasteiger partial charge on any atom is -0.383 e. The first-order valence-electron chi connectivity index (χ1n) is 8.77. The Morgan fingerprint density at radius 1 is 1.00 bits per heavy atom. The predicted octanol–water partition coefficient (Wildman–Crippen LogP) is 4.20. The first-order valence-corrected chi connectivity index (χ1v) is 8.77. The third-order valence-electron chi connectivity index (χ3n) is 4.15. The third-order valence-corrected chi connectivity index (χ3v) is 4.15. The van der Waals surface area contributed by atoms with E-state index in [4.69, 9.17) is 9.47 Å². The molecule has 1 amide bonds. The number of amides is 1. The number of hydrogen-bond donors (Lipinski definition) is 1. The Morgan fingerprint density at radius 3 is 2.10 bits per heavy atom. The zero-order chi connectivity index (χ0) is 21.4. The van der Waals surface area contributed by atoms with Crippen LogP contribution in [0.1, 0.15) is 15.9 Å². The van der Waals surface area contributed by atoms with Crippen LogP contribution in [0.15, 0.2) is 42.5 Å². The van der Waals surface area contributed by atoms with Gasteiger partial charge < -0.3 is 19.7 Å². The zero-order valence-electron chi connectivity index (χ0n) is 16.1. The number of carbonyl (C=O) groups excluding carboxylic acids is 1. The SMILES string of the molecule is COCCN(CCOC)c1ccc(C(F)(F)F)cc1NC(=O)c1ccc(F)cc1. The van der Waals surface area contributed by atoms with Crippen LogP contribution in [0.3, 0.4) is 0 Å². The summed E-state index contributed by atoms with van der Waals surface area (Å²) in [4.78, 5) is 14.3. The van der Waals surface area contributed by atoms with Crippen molar-refractivity contribution in [1.82, 2.24) is 0 Å². The van der Waals surface area contributed by atoms with Gasteiger partial charge >= 0.3 is 6.18 Å². The van der Waals surface area contributed by atoms with Crippen LogP contribution >= 0.6 is 0 Å². The van der Waals surface area contributed by atoms with Gasteiger partial charge in [0.25, 0.3) is 5.91 Å². The summed E-state index contributed by atoms with van der Waals surface area (Å²) in [5, 5.41) is 2.51. The van der Waals surface area contributed by atoms with E-state index >= 15 is 0 Å². The van der Waals surface area contributed by atoms with Gasteiger partial charge in [0.15, 0.2) is 0 Å². The Balaban J connectivity index is 2.41. The lowest BCUT2D eigenvalue weighted by molar-refractivity contribution is -0.137. The van der Waals surface area contributed by atoms with Crippen LogP contribution in [0.2, 0.25) is 0 Å². The molecule has 158 valence electrons. The molecule has 5 nitrogen and oxygen atoms in total. The van der Waals surface area contributed by atoms with E-state index in [9.17, 15) is 22.4 Å². The number of anilines is 2. The molecule has 0 saturated heterocycles. The molecule has 0 spiro atoms. The molecule has 0 heterocycles. The summed E-state index contributed by atoms with van der Waals surface area (Å²) < 4.78 is 62.8. The summed E-state index contributed by atoms with van der Waals surface area (Å²) in [7, 11) is 3.02. The molecule has 2 aromatic rings. The summed E-state index contributed by atoms with van der Waals surface area (Å²) in [6.45, 7) is 1.42. The monoisotopic (exact) mass is 414 g/mol. The summed E-state index contributed by atoms with van der Waals surface area (Å²) in [6.07, 6.45) is -4.57. The van der Waals surface area contributed by atoms with Crippen LogP contribution < -0.4 is 10.2 Å². The second-order valence-electron chi connectivity index (χ2n) is 6.16. The molecule has 0 aliphatic rings. The molecule has 0 aliphatic carbocycles. The van der Waals surface area contributed by atoms with Crippen molar-refractivity contribution in [3.63, 3.8) is 0 Å². The largest absolute Gasteiger partial charge is 0.416 e.